The Morgan fingerprint density at radius 2 is 2.08 bits per heavy atom. The lowest BCUT2D eigenvalue weighted by Gasteiger charge is -2.15. The maximum absolute atomic E-state index is 12.1. The van der Waals surface area contributed by atoms with Crippen LogP contribution in [-0.4, -0.2) is 58.9 Å². The number of para-hydroxylation sites is 2. The summed E-state index contributed by atoms with van der Waals surface area (Å²) in [6.45, 7) is 3.12. The first-order valence-electron chi connectivity index (χ1n) is 8.86. The molecule has 4 heterocycles. The van der Waals surface area contributed by atoms with Gasteiger partial charge in [0.05, 0.1) is 17.9 Å². The molecule has 2 amide bonds. The van der Waals surface area contributed by atoms with E-state index in [4.69, 9.17) is 4.42 Å². The lowest BCUT2D eigenvalue weighted by Crippen LogP contribution is -2.28. The van der Waals surface area contributed by atoms with Gasteiger partial charge in [-0.2, -0.15) is 10.1 Å². The number of carbonyl (C=O) groups is 1. The van der Waals surface area contributed by atoms with Crippen LogP contribution >= 0.6 is 0 Å². The first-order valence-corrected chi connectivity index (χ1v) is 8.86. The highest BCUT2D eigenvalue weighted by molar-refractivity contribution is 5.93. The third-order valence-corrected chi connectivity index (χ3v) is 5.21. The molecule has 0 saturated carbocycles. The molecule has 1 aromatic carbocycles. The number of likely N-dealkylation sites (N-methyl/N-ethyl adjacent to an activating group) is 1. The molecule has 5 rings (SSSR count). The molecule has 1 atom stereocenters. The van der Waals surface area contributed by atoms with Crippen LogP contribution < -0.4 is 9.80 Å². The zero-order valence-electron chi connectivity index (χ0n) is 14.6. The highest BCUT2D eigenvalue weighted by atomic mass is 16.4. The number of carbonyl (C=O) groups excluding carboxylic acids is 1. The standard InChI is InChI=1S/C18H20N6O2/c1-21-8-9-23(18(21)25)14-10-19-24(12-14)13-6-7-22(11-13)17-20-15-4-2-3-5-16(15)26-17/h2-5,10,12-13H,6-9,11H2,1H3. The van der Waals surface area contributed by atoms with Gasteiger partial charge in [0, 0.05) is 39.4 Å². The normalized spacial score (nSPS) is 20.7. The molecule has 2 saturated heterocycles. The number of hydrogen-bond donors (Lipinski definition) is 0. The summed E-state index contributed by atoms with van der Waals surface area (Å²) in [5.74, 6) is 0. The number of oxazole rings is 1. The van der Waals surface area contributed by atoms with Gasteiger partial charge >= 0.3 is 6.03 Å². The molecule has 0 aliphatic carbocycles. The number of amides is 2. The van der Waals surface area contributed by atoms with Gasteiger partial charge in [0.15, 0.2) is 5.58 Å². The Bertz CT molecular complexity index is 930. The molecule has 0 radical (unpaired) electrons. The molecule has 0 N–H and O–H groups in total. The van der Waals surface area contributed by atoms with Crippen molar-refractivity contribution >= 4 is 28.8 Å². The van der Waals surface area contributed by atoms with Crippen LogP contribution in [0.25, 0.3) is 11.1 Å². The molecule has 8 nitrogen and oxygen atoms in total. The second-order valence-electron chi connectivity index (χ2n) is 6.89. The van der Waals surface area contributed by atoms with E-state index < -0.39 is 0 Å². The minimum atomic E-state index is 0.0316. The third-order valence-electron chi connectivity index (χ3n) is 5.21. The number of fused-ring (bicyclic) bond motifs is 1. The molecule has 2 aliphatic heterocycles. The molecule has 26 heavy (non-hydrogen) atoms. The largest absolute Gasteiger partial charge is 0.423 e. The van der Waals surface area contributed by atoms with Crippen molar-refractivity contribution in [2.24, 2.45) is 0 Å². The topological polar surface area (TPSA) is 70.6 Å². The van der Waals surface area contributed by atoms with E-state index in [2.05, 4.69) is 15.0 Å². The van der Waals surface area contributed by atoms with Crippen LogP contribution in [0.15, 0.2) is 41.1 Å². The van der Waals surface area contributed by atoms with Crippen LogP contribution in [0.2, 0.25) is 0 Å². The molecule has 2 fully saturated rings. The van der Waals surface area contributed by atoms with Gasteiger partial charge in [-0.15, -0.1) is 0 Å². The Balaban J connectivity index is 1.32. The van der Waals surface area contributed by atoms with Crippen LogP contribution in [0.3, 0.4) is 0 Å². The van der Waals surface area contributed by atoms with Gasteiger partial charge in [-0.1, -0.05) is 12.1 Å². The number of urea groups is 1. The van der Waals surface area contributed by atoms with E-state index in [0.717, 1.165) is 42.8 Å². The fourth-order valence-corrected chi connectivity index (χ4v) is 3.68. The maximum Gasteiger partial charge on any atom is 0.324 e. The fraction of sp³-hybridized carbons (Fsp3) is 0.389. The van der Waals surface area contributed by atoms with Crippen LogP contribution in [0.4, 0.5) is 16.5 Å². The molecule has 8 heteroatoms. The summed E-state index contributed by atoms with van der Waals surface area (Å²) in [6.07, 6.45) is 4.71. The maximum atomic E-state index is 12.1. The van der Waals surface area contributed by atoms with Gasteiger partial charge in [-0.25, -0.2) is 4.79 Å². The van der Waals surface area contributed by atoms with Gasteiger partial charge in [0.1, 0.15) is 5.52 Å². The highest BCUT2D eigenvalue weighted by Gasteiger charge is 2.30. The number of aromatic nitrogens is 3. The van der Waals surface area contributed by atoms with Gasteiger partial charge in [-0.05, 0) is 18.6 Å². The lowest BCUT2D eigenvalue weighted by atomic mass is 10.3. The summed E-state index contributed by atoms with van der Waals surface area (Å²) in [6, 6.07) is 8.75. The summed E-state index contributed by atoms with van der Waals surface area (Å²) in [7, 11) is 1.82. The highest BCUT2D eigenvalue weighted by Crippen LogP contribution is 2.30. The molecule has 134 valence electrons. The van der Waals surface area contributed by atoms with Crippen molar-refractivity contribution in [3.05, 3.63) is 36.7 Å². The van der Waals surface area contributed by atoms with E-state index in [1.54, 1.807) is 16.0 Å². The van der Waals surface area contributed by atoms with Crippen LogP contribution in [0.5, 0.6) is 0 Å². The molecule has 0 bridgehead atoms. The summed E-state index contributed by atoms with van der Waals surface area (Å²) >= 11 is 0. The van der Waals surface area contributed by atoms with Gasteiger partial charge in [0.2, 0.25) is 0 Å². The van der Waals surface area contributed by atoms with Crippen molar-refractivity contribution < 1.29 is 9.21 Å². The van der Waals surface area contributed by atoms with Crippen molar-refractivity contribution in [3.8, 4) is 0 Å². The van der Waals surface area contributed by atoms with Crippen molar-refractivity contribution in [1.29, 1.82) is 0 Å². The lowest BCUT2D eigenvalue weighted by molar-refractivity contribution is 0.229. The Labute approximate surface area is 150 Å². The first-order chi connectivity index (χ1) is 12.7. The summed E-state index contributed by atoms with van der Waals surface area (Å²) in [5, 5.41) is 4.50. The van der Waals surface area contributed by atoms with Gasteiger partial charge in [0.25, 0.3) is 6.01 Å². The summed E-state index contributed by atoms with van der Waals surface area (Å²) in [4.78, 5) is 22.4. The molecular weight excluding hydrogens is 332 g/mol. The SMILES string of the molecule is CN1CCN(c2cnn(C3CCN(c4nc5ccccc5o4)C3)c2)C1=O. The molecule has 0 spiro atoms. The number of benzene rings is 1. The smallest absolute Gasteiger partial charge is 0.324 e. The first kappa shape index (κ1) is 15.2. The molecule has 3 aromatic rings. The Morgan fingerprint density at radius 1 is 1.19 bits per heavy atom. The van der Waals surface area contributed by atoms with E-state index in [0.29, 0.717) is 12.6 Å². The van der Waals surface area contributed by atoms with E-state index >= 15 is 0 Å². The summed E-state index contributed by atoms with van der Waals surface area (Å²) in [5.41, 5.74) is 2.55. The monoisotopic (exact) mass is 352 g/mol. The predicted molar refractivity (Wildman–Crippen MR) is 97.5 cm³/mol. The average Bonchev–Trinajstić information content (AvgIpc) is 3.41. The molecule has 2 aromatic heterocycles. The molecule has 2 aliphatic rings. The van der Waals surface area contributed by atoms with Crippen molar-refractivity contribution in [3.63, 3.8) is 0 Å². The van der Waals surface area contributed by atoms with Gasteiger partial charge < -0.3 is 14.2 Å². The van der Waals surface area contributed by atoms with E-state index in [9.17, 15) is 4.79 Å². The number of rotatable bonds is 3. The zero-order chi connectivity index (χ0) is 17.7. The zero-order valence-corrected chi connectivity index (χ0v) is 14.6. The third kappa shape index (κ3) is 2.40. The Kier molecular flexibility index (Phi) is 3.37. The van der Waals surface area contributed by atoms with Crippen molar-refractivity contribution in [2.45, 2.75) is 12.5 Å². The number of anilines is 2. The quantitative estimate of drug-likeness (QED) is 0.724. The van der Waals surface area contributed by atoms with Crippen molar-refractivity contribution in [2.75, 3.05) is 43.0 Å². The van der Waals surface area contributed by atoms with E-state index in [-0.39, 0.29) is 12.1 Å². The van der Waals surface area contributed by atoms with Gasteiger partial charge in [-0.3, -0.25) is 9.58 Å². The Morgan fingerprint density at radius 3 is 2.88 bits per heavy atom. The van der Waals surface area contributed by atoms with Crippen LogP contribution in [-0.2, 0) is 0 Å². The second-order valence-corrected chi connectivity index (χ2v) is 6.89. The van der Waals surface area contributed by atoms with Crippen LogP contribution in [0, 0.1) is 0 Å². The predicted octanol–water partition coefficient (Wildman–Crippen LogP) is 2.35. The van der Waals surface area contributed by atoms with Crippen molar-refractivity contribution in [1.82, 2.24) is 19.7 Å². The van der Waals surface area contributed by atoms with Crippen LogP contribution in [0.1, 0.15) is 12.5 Å². The molecule has 1 unspecified atom stereocenters. The second kappa shape index (κ2) is 5.76. The number of hydrogen-bond acceptors (Lipinski definition) is 5. The minimum absolute atomic E-state index is 0.0316. The minimum Gasteiger partial charge on any atom is -0.423 e. The Hall–Kier alpha value is -3.03. The molecular formula is C18H20N6O2. The van der Waals surface area contributed by atoms with E-state index in [1.165, 1.54) is 0 Å². The summed E-state index contributed by atoms with van der Waals surface area (Å²) < 4.78 is 7.84. The number of nitrogens with zero attached hydrogens (tertiary/aromatic N) is 6. The average molecular weight is 352 g/mol. The fourth-order valence-electron chi connectivity index (χ4n) is 3.68. The van der Waals surface area contributed by atoms with E-state index in [1.807, 2.05) is 42.2 Å².